The number of nitrogens with zero attached hydrogens (tertiary/aromatic N) is 4. The lowest BCUT2D eigenvalue weighted by Gasteiger charge is -2.09. The summed E-state index contributed by atoms with van der Waals surface area (Å²) in [7, 11) is 1.81. The van der Waals surface area contributed by atoms with Gasteiger partial charge in [0.1, 0.15) is 6.33 Å². The van der Waals surface area contributed by atoms with E-state index in [1.54, 1.807) is 29.5 Å². The number of carbonyl (C=O) groups excluding carboxylic acids is 1. The summed E-state index contributed by atoms with van der Waals surface area (Å²) in [4.78, 5) is 20.2. The van der Waals surface area contributed by atoms with Crippen molar-refractivity contribution >= 4 is 11.6 Å². The van der Waals surface area contributed by atoms with Crippen LogP contribution in [0, 0.1) is 0 Å². The van der Waals surface area contributed by atoms with Crippen LogP contribution < -0.4 is 10.6 Å². The molecule has 0 bridgehead atoms. The Morgan fingerprint density at radius 3 is 3.00 bits per heavy atom. The average molecular weight is 274 g/mol. The highest BCUT2D eigenvalue weighted by Gasteiger charge is 2.10. The summed E-state index contributed by atoms with van der Waals surface area (Å²) in [5, 5.41) is 10.1. The van der Waals surface area contributed by atoms with E-state index in [0.717, 1.165) is 18.1 Å². The zero-order valence-electron chi connectivity index (χ0n) is 11.6. The van der Waals surface area contributed by atoms with E-state index in [4.69, 9.17) is 0 Å². The van der Waals surface area contributed by atoms with Crippen LogP contribution in [-0.4, -0.2) is 38.7 Å². The van der Waals surface area contributed by atoms with E-state index in [-0.39, 0.29) is 5.91 Å². The minimum Gasteiger partial charge on any atom is -0.383 e. The molecule has 1 amide bonds. The van der Waals surface area contributed by atoms with Crippen LogP contribution in [0.15, 0.2) is 24.8 Å². The molecule has 2 aromatic rings. The molecule has 0 saturated carbocycles. The van der Waals surface area contributed by atoms with E-state index < -0.39 is 0 Å². The van der Waals surface area contributed by atoms with E-state index in [1.807, 2.05) is 14.0 Å². The maximum absolute atomic E-state index is 12.1. The van der Waals surface area contributed by atoms with Gasteiger partial charge in [-0.25, -0.2) is 4.98 Å². The zero-order chi connectivity index (χ0) is 14.4. The van der Waals surface area contributed by atoms with Gasteiger partial charge in [0.2, 0.25) is 0 Å². The molecule has 0 saturated heterocycles. The van der Waals surface area contributed by atoms with Gasteiger partial charge in [0, 0.05) is 32.8 Å². The molecule has 20 heavy (non-hydrogen) atoms. The Morgan fingerprint density at radius 2 is 2.30 bits per heavy atom. The van der Waals surface area contributed by atoms with Crippen LogP contribution in [-0.2, 0) is 13.5 Å². The summed E-state index contributed by atoms with van der Waals surface area (Å²) in [6.07, 6.45) is 5.51. The number of carbonyl (C=O) groups is 1. The Kier molecular flexibility index (Phi) is 4.65. The summed E-state index contributed by atoms with van der Waals surface area (Å²) in [5.41, 5.74) is 1.33. The van der Waals surface area contributed by atoms with Gasteiger partial charge in [0.15, 0.2) is 5.82 Å². The maximum atomic E-state index is 12.1. The van der Waals surface area contributed by atoms with Crippen molar-refractivity contribution in [3.8, 4) is 0 Å². The monoisotopic (exact) mass is 274 g/mol. The molecule has 7 heteroatoms. The first-order valence-corrected chi connectivity index (χ1v) is 6.51. The van der Waals surface area contributed by atoms with Crippen molar-refractivity contribution in [1.29, 1.82) is 0 Å². The van der Waals surface area contributed by atoms with Gasteiger partial charge >= 0.3 is 0 Å². The minimum atomic E-state index is -0.126. The summed E-state index contributed by atoms with van der Waals surface area (Å²) in [6, 6.07) is 1.70. The second-order valence-electron chi connectivity index (χ2n) is 4.29. The SMILES string of the molecule is CCNc1cnccc1C(=O)NCCc1ncn(C)n1. The molecule has 0 radical (unpaired) electrons. The molecule has 2 aromatic heterocycles. The molecule has 0 aliphatic heterocycles. The topological polar surface area (TPSA) is 84.7 Å². The Labute approximate surface area is 117 Å². The lowest BCUT2D eigenvalue weighted by Crippen LogP contribution is -2.27. The average Bonchev–Trinajstić information content (AvgIpc) is 2.85. The van der Waals surface area contributed by atoms with Gasteiger partial charge in [0.25, 0.3) is 5.91 Å². The van der Waals surface area contributed by atoms with Crippen LogP contribution in [0.4, 0.5) is 5.69 Å². The fourth-order valence-corrected chi connectivity index (χ4v) is 1.81. The van der Waals surface area contributed by atoms with Crippen LogP contribution in [0.5, 0.6) is 0 Å². The van der Waals surface area contributed by atoms with E-state index in [0.29, 0.717) is 18.5 Å². The van der Waals surface area contributed by atoms with Gasteiger partial charge in [-0.05, 0) is 13.0 Å². The van der Waals surface area contributed by atoms with Gasteiger partial charge in [-0.3, -0.25) is 14.5 Å². The van der Waals surface area contributed by atoms with Crippen molar-refractivity contribution in [3.05, 3.63) is 36.2 Å². The Balaban J connectivity index is 1.91. The van der Waals surface area contributed by atoms with Crippen molar-refractivity contribution in [2.45, 2.75) is 13.3 Å². The molecule has 2 N–H and O–H groups in total. The standard InChI is InChI=1S/C13H18N6O/c1-3-15-11-8-14-6-4-10(11)13(20)16-7-5-12-17-9-19(2)18-12/h4,6,8-9,15H,3,5,7H2,1-2H3,(H,16,20). The molecule has 0 aromatic carbocycles. The number of nitrogens with one attached hydrogen (secondary N) is 2. The quantitative estimate of drug-likeness (QED) is 0.806. The number of hydrogen-bond acceptors (Lipinski definition) is 5. The highest BCUT2D eigenvalue weighted by atomic mass is 16.1. The van der Waals surface area contributed by atoms with Gasteiger partial charge < -0.3 is 10.6 Å². The highest BCUT2D eigenvalue weighted by Crippen LogP contribution is 2.12. The fraction of sp³-hybridized carbons (Fsp3) is 0.385. The molecule has 0 aliphatic rings. The van der Waals surface area contributed by atoms with Crippen molar-refractivity contribution in [1.82, 2.24) is 25.1 Å². The smallest absolute Gasteiger partial charge is 0.253 e. The predicted molar refractivity (Wildman–Crippen MR) is 75.4 cm³/mol. The van der Waals surface area contributed by atoms with E-state index in [2.05, 4.69) is 25.7 Å². The number of hydrogen-bond donors (Lipinski definition) is 2. The van der Waals surface area contributed by atoms with Gasteiger partial charge in [0.05, 0.1) is 17.4 Å². The second kappa shape index (κ2) is 6.65. The Bertz CT molecular complexity index is 580. The summed E-state index contributed by atoms with van der Waals surface area (Å²) in [5.74, 6) is 0.591. The lowest BCUT2D eigenvalue weighted by molar-refractivity contribution is 0.0954. The lowest BCUT2D eigenvalue weighted by atomic mass is 10.2. The molecule has 0 unspecified atom stereocenters. The molecule has 0 fully saturated rings. The first kappa shape index (κ1) is 14.0. The molecule has 2 heterocycles. The number of anilines is 1. The molecular weight excluding hydrogens is 256 g/mol. The molecule has 106 valence electrons. The van der Waals surface area contributed by atoms with Crippen LogP contribution >= 0.6 is 0 Å². The Hall–Kier alpha value is -2.44. The van der Waals surface area contributed by atoms with E-state index in [9.17, 15) is 4.79 Å². The first-order chi connectivity index (χ1) is 9.70. The number of rotatable bonds is 6. The van der Waals surface area contributed by atoms with Crippen LogP contribution in [0.3, 0.4) is 0 Å². The maximum Gasteiger partial charge on any atom is 0.253 e. The third kappa shape index (κ3) is 3.53. The van der Waals surface area contributed by atoms with E-state index >= 15 is 0 Å². The largest absolute Gasteiger partial charge is 0.383 e. The number of amides is 1. The normalized spacial score (nSPS) is 10.3. The molecular formula is C13H18N6O. The van der Waals surface area contributed by atoms with Crippen molar-refractivity contribution < 1.29 is 4.79 Å². The third-order valence-corrected chi connectivity index (χ3v) is 2.71. The second-order valence-corrected chi connectivity index (χ2v) is 4.29. The van der Waals surface area contributed by atoms with Crippen LogP contribution in [0.1, 0.15) is 23.1 Å². The van der Waals surface area contributed by atoms with Gasteiger partial charge in [-0.1, -0.05) is 0 Å². The predicted octanol–water partition coefficient (Wildman–Crippen LogP) is 0.614. The highest BCUT2D eigenvalue weighted by molar-refractivity contribution is 5.99. The third-order valence-electron chi connectivity index (χ3n) is 2.71. The zero-order valence-corrected chi connectivity index (χ0v) is 11.6. The summed E-state index contributed by atoms with van der Waals surface area (Å²) < 4.78 is 1.64. The molecule has 0 atom stereocenters. The van der Waals surface area contributed by atoms with Crippen LogP contribution in [0.25, 0.3) is 0 Å². The number of aromatic nitrogens is 4. The molecule has 0 spiro atoms. The summed E-state index contributed by atoms with van der Waals surface area (Å²) >= 11 is 0. The first-order valence-electron chi connectivity index (χ1n) is 6.51. The van der Waals surface area contributed by atoms with Crippen molar-refractivity contribution in [3.63, 3.8) is 0 Å². The minimum absolute atomic E-state index is 0.126. The number of pyridine rings is 1. The molecule has 7 nitrogen and oxygen atoms in total. The molecule has 2 rings (SSSR count). The van der Waals surface area contributed by atoms with Crippen molar-refractivity contribution in [2.24, 2.45) is 7.05 Å². The van der Waals surface area contributed by atoms with Crippen molar-refractivity contribution in [2.75, 3.05) is 18.4 Å². The number of aryl methyl sites for hydroxylation is 1. The molecule has 0 aliphatic carbocycles. The fourth-order valence-electron chi connectivity index (χ4n) is 1.81. The Morgan fingerprint density at radius 1 is 1.45 bits per heavy atom. The summed E-state index contributed by atoms with van der Waals surface area (Å²) in [6.45, 7) is 3.21. The van der Waals surface area contributed by atoms with Gasteiger partial charge in [-0.2, -0.15) is 5.10 Å². The van der Waals surface area contributed by atoms with E-state index in [1.165, 1.54) is 0 Å². The van der Waals surface area contributed by atoms with Crippen LogP contribution in [0.2, 0.25) is 0 Å². The van der Waals surface area contributed by atoms with Gasteiger partial charge in [-0.15, -0.1) is 0 Å².